The lowest BCUT2D eigenvalue weighted by molar-refractivity contribution is 0.414. The lowest BCUT2D eigenvalue weighted by Gasteiger charge is -2.39. The van der Waals surface area contributed by atoms with Gasteiger partial charge in [0.2, 0.25) is 0 Å². The zero-order chi connectivity index (χ0) is 31.9. The van der Waals surface area contributed by atoms with Crippen molar-refractivity contribution in [2.75, 3.05) is 0 Å². The fourth-order valence-electron chi connectivity index (χ4n) is 6.34. The minimum absolute atomic E-state index is 0.128. The molecule has 0 unspecified atom stereocenters. The maximum Gasteiger partial charge on any atom is 0.294 e. The van der Waals surface area contributed by atoms with E-state index in [0.717, 1.165) is 32.5 Å². The largest absolute Gasteiger partial charge is 0.455 e. The quantitative estimate of drug-likeness (QED) is 0.150. The Morgan fingerprint density at radius 1 is 0.522 bits per heavy atom. The van der Waals surface area contributed by atoms with E-state index >= 15 is 0 Å². The number of hydrogen-bond donors (Lipinski definition) is 1. The van der Waals surface area contributed by atoms with E-state index < -0.39 is 31.4 Å². The third kappa shape index (κ3) is 5.48. The van der Waals surface area contributed by atoms with Crippen molar-refractivity contribution < 1.29 is 17.7 Å². The van der Waals surface area contributed by atoms with Gasteiger partial charge in [-0.2, -0.15) is 8.42 Å². The van der Waals surface area contributed by atoms with E-state index in [0.29, 0.717) is 11.3 Å². The van der Waals surface area contributed by atoms with Crippen LogP contribution in [0, 0.1) is 0 Å². The molecule has 6 aromatic rings. The van der Waals surface area contributed by atoms with Crippen LogP contribution in [0.3, 0.4) is 0 Å². The zero-order valence-corrected chi connectivity index (χ0v) is 28.0. The summed E-state index contributed by atoms with van der Waals surface area (Å²) < 4.78 is 43.6. The molecule has 0 saturated heterocycles. The zero-order valence-electron chi connectivity index (χ0n) is 25.4. The van der Waals surface area contributed by atoms with Crippen molar-refractivity contribution in [2.24, 2.45) is 0 Å². The first-order valence-electron chi connectivity index (χ1n) is 15.0. The van der Waals surface area contributed by atoms with Crippen LogP contribution in [0.2, 0.25) is 0 Å². The number of para-hydroxylation sites is 1. The van der Waals surface area contributed by atoms with Crippen molar-refractivity contribution >= 4 is 57.8 Å². The maximum absolute atomic E-state index is 13.0. The van der Waals surface area contributed by atoms with E-state index in [-0.39, 0.29) is 4.90 Å². The van der Waals surface area contributed by atoms with Gasteiger partial charge in [-0.05, 0) is 49.2 Å². The van der Waals surface area contributed by atoms with Crippen LogP contribution in [-0.2, 0) is 15.5 Å². The fourth-order valence-corrected chi connectivity index (χ4v) is 12.0. The number of benzene rings is 6. The van der Waals surface area contributed by atoms with Crippen molar-refractivity contribution in [3.8, 4) is 11.5 Å². The fraction of sp³-hybridized carbons (Fsp3) is 0.0769. The van der Waals surface area contributed by atoms with Gasteiger partial charge in [0.25, 0.3) is 10.1 Å². The second kappa shape index (κ2) is 12.2. The minimum Gasteiger partial charge on any atom is -0.455 e. The summed E-state index contributed by atoms with van der Waals surface area (Å²) in [4.78, 5) is -0.128. The van der Waals surface area contributed by atoms with Crippen LogP contribution >= 0.6 is 15.8 Å². The average molecular weight is 659 g/mol. The summed E-state index contributed by atoms with van der Waals surface area (Å²) in [5.41, 5.74) is 0.533. The van der Waals surface area contributed by atoms with Gasteiger partial charge in [-0.1, -0.05) is 153 Å². The van der Waals surface area contributed by atoms with Gasteiger partial charge in [0, 0.05) is 27.2 Å². The molecule has 0 aliphatic carbocycles. The molecule has 7 rings (SSSR count). The topological polar surface area (TPSA) is 63.6 Å². The van der Waals surface area contributed by atoms with Crippen molar-refractivity contribution in [1.29, 1.82) is 0 Å². The minimum atomic E-state index is -4.57. The predicted octanol–water partition coefficient (Wildman–Crippen LogP) is 6.88. The van der Waals surface area contributed by atoms with Gasteiger partial charge in [-0.15, -0.1) is 0 Å². The number of hydrogen-bond acceptors (Lipinski definition) is 3. The van der Waals surface area contributed by atoms with Crippen LogP contribution in [0.1, 0.15) is 25.0 Å². The van der Waals surface area contributed by atoms with Gasteiger partial charge in [-0.3, -0.25) is 4.55 Å². The maximum atomic E-state index is 13.0. The highest BCUT2D eigenvalue weighted by atomic mass is 32.2. The van der Waals surface area contributed by atoms with Crippen LogP contribution in [0.4, 0.5) is 0 Å². The molecule has 0 radical (unpaired) electrons. The Bertz CT molecular complexity index is 2040. The van der Waals surface area contributed by atoms with Gasteiger partial charge in [-0.25, -0.2) is 0 Å². The number of rotatable bonds is 7. The molecule has 6 aromatic carbocycles. The van der Waals surface area contributed by atoms with Crippen LogP contribution in [0.15, 0.2) is 157 Å². The number of ether oxygens (including phenoxy) is 1. The molecular formula is C39H32O4P2S. The molecule has 0 fully saturated rings. The highest BCUT2D eigenvalue weighted by Crippen LogP contribution is 2.53. The first-order chi connectivity index (χ1) is 22.2. The van der Waals surface area contributed by atoms with Crippen molar-refractivity contribution in [1.82, 2.24) is 0 Å². The van der Waals surface area contributed by atoms with Gasteiger partial charge in [0.05, 0.1) is 0 Å². The van der Waals surface area contributed by atoms with Crippen LogP contribution in [0.5, 0.6) is 11.5 Å². The molecule has 0 aromatic heterocycles. The summed E-state index contributed by atoms with van der Waals surface area (Å²) in [6, 6.07) is 51.0. The summed E-state index contributed by atoms with van der Waals surface area (Å²) >= 11 is 0. The molecule has 0 atom stereocenters. The Labute approximate surface area is 273 Å². The van der Waals surface area contributed by atoms with Crippen LogP contribution < -0.4 is 36.6 Å². The van der Waals surface area contributed by atoms with Crippen molar-refractivity contribution in [3.63, 3.8) is 0 Å². The van der Waals surface area contributed by atoms with Crippen LogP contribution in [-0.4, -0.2) is 13.0 Å². The first-order valence-corrected chi connectivity index (χ1v) is 19.1. The van der Waals surface area contributed by atoms with Crippen molar-refractivity contribution in [3.05, 3.63) is 163 Å². The molecule has 46 heavy (non-hydrogen) atoms. The van der Waals surface area contributed by atoms with Crippen molar-refractivity contribution in [2.45, 2.75) is 24.2 Å². The Morgan fingerprint density at radius 2 is 0.935 bits per heavy atom. The van der Waals surface area contributed by atoms with E-state index in [2.05, 4.69) is 78.9 Å². The Kier molecular flexibility index (Phi) is 8.13. The van der Waals surface area contributed by atoms with E-state index in [1.807, 2.05) is 80.6 Å². The van der Waals surface area contributed by atoms with E-state index in [1.165, 1.54) is 10.6 Å². The smallest absolute Gasteiger partial charge is 0.294 e. The summed E-state index contributed by atoms with van der Waals surface area (Å²) in [7, 11) is -6.74. The highest BCUT2D eigenvalue weighted by molar-refractivity contribution is 7.86. The van der Waals surface area contributed by atoms with E-state index in [1.54, 1.807) is 6.07 Å². The Balaban J connectivity index is 1.53. The third-order valence-electron chi connectivity index (χ3n) is 8.41. The summed E-state index contributed by atoms with van der Waals surface area (Å²) in [5.74, 6) is 1.23. The van der Waals surface area contributed by atoms with Crippen LogP contribution in [0.25, 0.3) is 0 Å². The summed E-state index contributed by atoms with van der Waals surface area (Å²) in [5, 5.41) is 6.55. The third-order valence-corrected chi connectivity index (χ3v) is 14.2. The molecule has 1 aliphatic rings. The molecule has 0 bridgehead atoms. The van der Waals surface area contributed by atoms with Gasteiger partial charge >= 0.3 is 0 Å². The lowest BCUT2D eigenvalue weighted by Crippen LogP contribution is -2.34. The monoisotopic (exact) mass is 658 g/mol. The Hall–Kier alpha value is -4.11. The van der Waals surface area contributed by atoms with Gasteiger partial charge in [0.1, 0.15) is 16.4 Å². The highest BCUT2D eigenvalue weighted by Gasteiger charge is 2.43. The second-order valence-electron chi connectivity index (χ2n) is 11.7. The molecule has 0 amide bonds. The SMILES string of the molecule is CC1(C)c2cccc(P(c3ccccc3)c3ccccc3)c2Oc2c(P(c3ccccc3)c3ccccc3)ccc(S(=O)(=O)O)c21. The molecule has 1 heterocycles. The normalized spacial score (nSPS) is 13.6. The predicted molar refractivity (Wildman–Crippen MR) is 192 cm³/mol. The second-order valence-corrected chi connectivity index (χ2v) is 17.4. The molecule has 4 nitrogen and oxygen atoms in total. The number of fused-ring (bicyclic) bond motifs is 2. The standard InChI is InChI=1S/C39H32O4P2S/c1-39(2)32-24-15-25-33(44(28-16-7-3-8-17-28)29-18-9-4-10-19-29)37(32)43-38-34(26-27-35(36(38)39)46(40,41)42)45(30-20-11-5-12-21-30)31-22-13-6-14-23-31/h3-27H,1-2H3,(H,40,41,42). The molecule has 0 spiro atoms. The van der Waals surface area contributed by atoms with E-state index in [9.17, 15) is 13.0 Å². The lowest BCUT2D eigenvalue weighted by atomic mass is 9.75. The first kappa shape index (κ1) is 30.5. The van der Waals surface area contributed by atoms with Gasteiger partial charge in [0.15, 0.2) is 0 Å². The average Bonchev–Trinajstić information content (AvgIpc) is 3.07. The molecular weight excluding hydrogens is 626 g/mol. The summed E-state index contributed by atoms with van der Waals surface area (Å²) in [6.45, 7) is 4.05. The molecule has 1 aliphatic heterocycles. The molecule has 0 saturated carbocycles. The molecule has 228 valence electrons. The van der Waals surface area contributed by atoms with E-state index in [4.69, 9.17) is 4.74 Å². The molecule has 1 N–H and O–H groups in total. The summed E-state index contributed by atoms with van der Waals surface area (Å²) in [6.07, 6.45) is 0. The van der Waals surface area contributed by atoms with Gasteiger partial charge < -0.3 is 4.74 Å². The molecule has 7 heteroatoms. The Morgan fingerprint density at radius 3 is 1.35 bits per heavy atom.